The van der Waals surface area contributed by atoms with E-state index in [0.29, 0.717) is 18.0 Å². The Kier molecular flexibility index (Phi) is 5.24. The second-order valence-corrected chi connectivity index (χ2v) is 4.79. The van der Waals surface area contributed by atoms with E-state index in [0.717, 1.165) is 25.0 Å². The highest BCUT2D eigenvalue weighted by Crippen LogP contribution is 2.24. The van der Waals surface area contributed by atoms with Gasteiger partial charge in [-0.3, -0.25) is 4.79 Å². The monoisotopic (exact) mass is 279 g/mol. The van der Waals surface area contributed by atoms with Gasteiger partial charge in [-0.15, -0.1) is 0 Å². The maximum atomic E-state index is 12.0. The van der Waals surface area contributed by atoms with Gasteiger partial charge in [-0.1, -0.05) is 0 Å². The van der Waals surface area contributed by atoms with Crippen LogP contribution in [0.15, 0.2) is 18.2 Å². The van der Waals surface area contributed by atoms with Crippen LogP contribution in [-0.2, 0) is 16.0 Å². The molecular formula is C15H21NO4. The summed E-state index contributed by atoms with van der Waals surface area (Å²) in [6, 6.07) is 5.44. The minimum absolute atomic E-state index is 0.0351. The molecule has 1 N–H and O–H groups in total. The molecule has 0 bridgehead atoms. The molecule has 1 fully saturated rings. The Balaban J connectivity index is 1.91. The van der Waals surface area contributed by atoms with Gasteiger partial charge in [0.05, 0.1) is 26.7 Å². The van der Waals surface area contributed by atoms with Crippen molar-refractivity contribution in [2.45, 2.75) is 25.4 Å². The average Bonchev–Trinajstić information content (AvgIpc) is 2.98. The largest absolute Gasteiger partial charge is 0.497 e. The molecule has 1 saturated heterocycles. The summed E-state index contributed by atoms with van der Waals surface area (Å²) in [5, 5.41) is 2.90. The minimum atomic E-state index is -0.0351. The average molecular weight is 279 g/mol. The molecule has 0 aliphatic carbocycles. The first-order chi connectivity index (χ1) is 9.72. The summed E-state index contributed by atoms with van der Waals surface area (Å²) in [5.41, 5.74) is 0.816. The van der Waals surface area contributed by atoms with Crippen molar-refractivity contribution in [2.75, 3.05) is 27.4 Å². The van der Waals surface area contributed by atoms with E-state index in [-0.39, 0.29) is 18.4 Å². The zero-order valence-electron chi connectivity index (χ0n) is 12.0. The summed E-state index contributed by atoms with van der Waals surface area (Å²) in [6.45, 7) is 1.37. The molecule has 1 aromatic carbocycles. The highest BCUT2D eigenvalue weighted by Gasteiger charge is 2.17. The van der Waals surface area contributed by atoms with Crippen LogP contribution >= 0.6 is 0 Å². The lowest BCUT2D eigenvalue weighted by Gasteiger charge is -2.13. The highest BCUT2D eigenvalue weighted by atomic mass is 16.5. The first-order valence-corrected chi connectivity index (χ1v) is 6.82. The van der Waals surface area contributed by atoms with Gasteiger partial charge >= 0.3 is 0 Å². The van der Waals surface area contributed by atoms with Crippen molar-refractivity contribution in [3.05, 3.63) is 23.8 Å². The molecule has 0 spiro atoms. The van der Waals surface area contributed by atoms with Gasteiger partial charge < -0.3 is 19.5 Å². The third-order valence-corrected chi connectivity index (χ3v) is 3.39. The number of rotatable bonds is 6. The Morgan fingerprint density at radius 3 is 2.90 bits per heavy atom. The van der Waals surface area contributed by atoms with Crippen molar-refractivity contribution in [1.82, 2.24) is 5.32 Å². The van der Waals surface area contributed by atoms with E-state index in [1.165, 1.54) is 0 Å². The molecule has 1 atom stereocenters. The number of hydrogen-bond donors (Lipinski definition) is 1. The van der Waals surface area contributed by atoms with E-state index in [1.807, 2.05) is 18.2 Å². The number of benzene rings is 1. The first-order valence-electron chi connectivity index (χ1n) is 6.82. The fraction of sp³-hybridized carbons (Fsp3) is 0.533. The molecule has 0 saturated carbocycles. The van der Waals surface area contributed by atoms with Crippen molar-refractivity contribution in [1.29, 1.82) is 0 Å². The van der Waals surface area contributed by atoms with Gasteiger partial charge in [-0.05, 0) is 31.0 Å². The van der Waals surface area contributed by atoms with Crippen LogP contribution in [-0.4, -0.2) is 39.4 Å². The number of amides is 1. The summed E-state index contributed by atoms with van der Waals surface area (Å²) in [5.74, 6) is 1.37. The van der Waals surface area contributed by atoms with Gasteiger partial charge in [-0.25, -0.2) is 0 Å². The van der Waals surface area contributed by atoms with Gasteiger partial charge in [0.1, 0.15) is 11.5 Å². The summed E-state index contributed by atoms with van der Waals surface area (Å²) < 4.78 is 15.9. The maximum absolute atomic E-state index is 12.0. The second kappa shape index (κ2) is 7.14. The van der Waals surface area contributed by atoms with Crippen LogP contribution in [0.3, 0.4) is 0 Å². The van der Waals surface area contributed by atoms with Crippen molar-refractivity contribution in [3.8, 4) is 11.5 Å². The smallest absolute Gasteiger partial charge is 0.224 e. The second-order valence-electron chi connectivity index (χ2n) is 4.79. The quantitative estimate of drug-likeness (QED) is 0.858. The number of nitrogens with one attached hydrogen (secondary N) is 1. The number of ether oxygens (including phenoxy) is 3. The molecule has 5 heteroatoms. The number of hydrogen-bond acceptors (Lipinski definition) is 4. The lowest BCUT2D eigenvalue weighted by atomic mass is 10.1. The molecule has 110 valence electrons. The zero-order chi connectivity index (χ0) is 14.4. The molecule has 1 aromatic rings. The Morgan fingerprint density at radius 1 is 1.40 bits per heavy atom. The fourth-order valence-corrected chi connectivity index (χ4v) is 2.29. The van der Waals surface area contributed by atoms with Gasteiger partial charge in [0.2, 0.25) is 5.91 Å². The van der Waals surface area contributed by atoms with E-state index >= 15 is 0 Å². The Bertz CT molecular complexity index is 455. The van der Waals surface area contributed by atoms with Crippen LogP contribution in [0.2, 0.25) is 0 Å². The van der Waals surface area contributed by atoms with Crippen molar-refractivity contribution < 1.29 is 19.0 Å². The van der Waals surface area contributed by atoms with Crippen molar-refractivity contribution in [3.63, 3.8) is 0 Å². The summed E-state index contributed by atoms with van der Waals surface area (Å²) in [7, 11) is 3.19. The molecule has 20 heavy (non-hydrogen) atoms. The van der Waals surface area contributed by atoms with E-state index in [4.69, 9.17) is 14.2 Å². The van der Waals surface area contributed by atoms with Crippen LogP contribution in [0.4, 0.5) is 0 Å². The zero-order valence-corrected chi connectivity index (χ0v) is 12.0. The standard InChI is InChI=1S/C15H21NO4/c1-18-12-5-6-14(19-2)11(8-12)9-15(17)16-10-13-4-3-7-20-13/h5-6,8,13H,3-4,7,9-10H2,1-2H3,(H,16,17)/t13-/m1/s1. The van der Waals surface area contributed by atoms with Crippen molar-refractivity contribution >= 4 is 5.91 Å². The predicted molar refractivity (Wildman–Crippen MR) is 75.2 cm³/mol. The number of carbonyl (C=O) groups is 1. The van der Waals surface area contributed by atoms with Crippen LogP contribution in [0.25, 0.3) is 0 Å². The third kappa shape index (κ3) is 3.87. The van der Waals surface area contributed by atoms with Crippen LogP contribution < -0.4 is 14.8 Å². The molecule has 2 rings (SSSR count). The Morgan fingerprint density at radius 2 is 2.25 bits per heavy atom. The molecule has 1 amide bonds. The molecule has 1 heterocycles. The fourth-order valence-electron chi connectivity index (χ4n) is 2.29. The molecule has 5 nitrogen and oxygen atoms in total. The van der Waals surface area contributed by atoms with Crippen LogP contribution in [0.5, 0.6) is 11.5 Å². The van der Waals surface area contributed by atoms with Crippen LogP contribution in [0.1, 0.15) is 18.4 Å². The molecule has 1 aliphatic rings. The van der Waals surface area contributed by atoms with Gasteiger partial charge in [0.25, 0.3) is 0 Å². The number of methoxy groups -OCH3 is 2. The maximum Gasteiger partial charge on any atom is 0.224 e. The first kappa shape index (κ1) is 14.7. The summed E-state index contributed by atoms with van der Waals surface area (Å²) in [4.78, 5) is 12.0. The van der Waals surface area contributed by atoms with Gasteiger partial charge in [-0.2, -0.15) is 0 Å². The molecule has 0 radical (unpaired) electrons. The highest BCUT2D eigenvalue weighted by molar-refractivity contribution is 5.79. The van der Waals surface area contributed by atoms with E-state index in [9.17, 15) is 4.79 Å². The lowest BCUT2D eigenvalue weighted by Crippen LogP contribution is -2.32. The minimum Gasteiger partial charge on any atom is -0.497 e. The van der Waals surface area contributed by atoms with E-state index in [1.54, 1.807) is 14.2 Å². The topological polar surface area (TPSA) is 56.8 Å². The Hall–Kier alpha value is -1.75. The summed E-state index contributed by atoms with van der Waals surface area (Å²) in [6.07, 6.45) is 2.52. The van der Waals surface area contributed by atoms with E-state index in [2.05, 4.69) is 5.32 Å². The van der Waals surface area contributed by atoms with Gasteiger partial charge in [0, 0.05) is 18.7 Å². The van der Waals surface area contributed by atoms with Crippen molar-refractivity contribution in [2.24, 2.45) is 0 Å². The molecular weight excluding hydrogens is 258 g/mol. The normalized spacial score (nSPS) is 17.8. The summed E-state index contributed by atoms with van der Waals surface area (Å²) >= 11 is 0. The molecule has 0 unspecified atom stereocenters. The number of carbonyl (C=O) groups excluding carboxylic acids is 1. The van der Waals surface area contributed by atoms with Gasteiger partial charge in [0.15, 0.2) is 0 Å². The molecule has 0 aromatic heterocycles. The van der Waals surface area contributed by atoms with E-state index < -0.39 is 0 Å². The SMILES string of the molecule is COc1ccc(OC)c(CC(=O)NC[C@H]2CCCO2)c1. The predicted octanol–water partition coefficient (Wildman–Crippen LogP) is 1.54. The van der Waals surface area contributed by atoms with Crippen LogP contribution in [0, 0.1) is 0 Å². The third-order valence-electron chi connectivity index (χ3n) is 3.39. The molecule has 1 aliphatic heterocycles. The lowest BCUT2D eigenvalue weighted by molar-refractivity contribution is -0.120. The Labute approximate surface area is 119 Å².